The number of nitrogens with zero attached hydrogens (tertiary/aromatic N) is 2. The fraction of sp³-hybridized carbons (Fsp3) is 0.500. The van der Waals surface area contributed by atoms with Crippen LogP contribution in [0, 0.1) is 11.3 Å². The third-order valence-electron chi connectivity index (χ3n) is 4.63. The standard InChI is InChI=1S/C18H22N2O4/c1-13(24-15-9-5-4-8-14(15)17(22)23)16(21)20(2)18(12-19)10-6-3-7-11-18/h4-5,8-9,13H,3,6-7,10-11H2,1-2H3,(H,22,23)/t13-/m0/s1. The van der Waals surface area contributed by atoms with E-state index in [1.54, 1.807) is 26.1 Å². The van der Waals surface area contributed by atoms with E-state index < -0.39 is 17.6 Å². The normalized spacial score (nSPS) is 17.4. The van der Waals surface area contributed by atoms with E-state index in [-0.39, 0.29) is 17.2 Å². The summed E-state index contributed by atoms with van der Waals surface area (Å²) >= 11 is 0. The number of aromatic carboxylic acids is 1. The minimum atomic E-state index is -1.11. The summed E-state index contributed by atoms with van der Waals surface area (Å²) < 4.78 is 5.59. The van der Waals surface area contributed by atoms with Gasteiger partial charge in [0.25, 0.3) is 5.91 Å². The monoisotopic (exact) mass is 330 g/mol. The first-order chi connectivity index (χ1) is 11.4. The zero-order chi connectivity index (χ0) is 17.7. The van der Waals surface area contributed by atoms with E-state index in [2.05, 4.69) is 6.07 Å². The molecule has 1 amide bonds. The molecule has 0 radical (unpaired) electrons. The van der Waals surface area contributed by atoms with Crippen molar-refractivity contribution in [1.82, 2.24) is 4.90 Å². The first-order valence-corrected chi connectivity index (χ1v) is 8.09. The molecule has 0 unspecified atom stereocenters. The summed E-state index contributed by atoms with van der Waals surface area (Å²) in [6, 6.07) is 8.50. The van der Waals surface area contributed by atoms with Crippen molar-refractivity contribution in [3.05, 3.63) is 29.8 Å². The number of para-hydroxylation sites is 1. The molecule has 1 aromatic rings. The summed E-state index contributed by atoms with van der Waals surface area (Å²) in [6.07, 6.45) is 3.35. The van der Waals surface area contributed by atoms with E-state index in [1.807, 2.05) is 0 Å². The molecule has 24 heavy (non-hydrogen) atoms. The van der Waals surface area contributed by atoms with Gasteiger partial charge in [-0.25, -0.2) is 4.79 Å². The average molecular weight is 330 g/mol. The highest BCUT2D eigenvalue weighted by Crippen LogP contribution is 2.33. The van der Waals surface area contributed by atoms with Crippen molar-refractivity contribution in [2.24, 2.45) is 0 Å². The minimum Gasteiger partial charge on any atom is -0.480 e. The molecule has 128 valence electrons. The van der Waals surface area contributed by atoms with Crippen molar-refractivity contribution in [1.29, 1.82) is 5.26 Å². The van der Waals surface area contributed by atoms with Gasteiger partial charge in [-0.3, -0.25) is 4.79 Å². The van der Waals surface area contributed by atoms with Gasteiger partial charge in [0, 0.05) is 7.05 Å². The Bertz CT molecular complexity index is 659. The second-order valence-corrected chi connectivity index (χ2v) is 6.16. The van der Waals surface area contributed by atoms with Crippen molar-refractivity contribution in [3.8, 4) is 11.8 Å². The fourth-order valence-corrected chi connectivity index (χ4v) is 3.13. The number of carboxylic acids is 1. The number of carboxylic acid groups (broad SMARTS) is 1. The number of nitriles is 1. The zero-order valence-electron chi connectivity index (χ0n) is 14.0. The summed E-state index contributed by atoms with van der Waals surface area (Å²) in [4.78, 5) is 25.4. The molecular weight excluding hydrogens is 308 g/mol. The van der Waals surface area contributed by atoms with E-state index in [9.17, 15) is 20.0 Å². The van der Waals surface area contributed by atoms with Crippen LogP contribution in [0.3, 0.4) is 0 Å². The molecule has 6 heteroatoms. The molecule has 1 aliphatic carbocycles. The van der Waals surface area contributed by atoms with E-state index in [1.165, 1.54) is 17.0 Å². The molecule has 0 spiro atoms. The van der Waals surface area contributed by atoms with Gasteiger partial charge < -0.3 is 14.7 Å². The molecule has 0 aromatic heterocycles. The number of amides is 1. The van der Waals surface area contributed by atoms with Crippen LogP contribution in [0.25, 0.3) is 0 Å². The van der Waals surface area contributed by atoms with Crippen LogP contribution in [0.1, 0.15) is 49.4 Å². The Kier molecular flexibility index (Phi) is 5.45. The number of likely N-dealkylation sites (N-methyl/N-ethyl adjacent to an activating group) is 1. The summed E-state index contributed by atoms with van der Waals surface area (Å²) in [5, 5.41) is 18.8. The molecular formula is C18H22N2O4. The van der Waals surface area contributed by atoms with Gasteiger partial charge in [-0.1, -0.05) is 31.4 Å². The first-order valence-electron chi connectivity index (χ1n) is 8.09. The Morgan fingerprint density at radius 2 is 1.92 bits per heavy atom. The average Bonchev–Trinajstić information content (AvgIpc) is 2.61. The van der Waals surface area contributed by atoms with Crippen molar-refractivity contribution >= 4 is 11.9 Å². The van der Waals surface area contributed by atoms with E-state index in [4.69, 9.17) is 4.74 Å². The summed E-state index contributed by atoms with van der Waals surface area (Å²) in [7, 11) is 1.62. The lowest BCUT2D eigenvalue weighted by atomic mass is 9.81. The molecule has 1 N–H and O–H groups in total. The molecule has 1 aromatic carbocycles. The van der Waals surface area contributed by atoms with Gasteiger partial charge in [-0.05, 0) is 31.9 Å². The molecule has 1 atom stereocenters. The van der Waals surface area contributed by atoms with Crippen molar-refractivity contribution in [3.63, 3.8) is 0 Å². The predicted molar refractivity (Wildman–Crippen MR) is 87.7 cm³/mol. The lowest BCUT2D eigenvalue weighted by Crippen LogP contribution is -2.53. The smallest absolute Gasteiger partial charge is 0.339 e. The maximum atomic E-state index is 12.7. The van der Waals surface area contributed by atoms with Crippen molar-refractivity contribution in [2.45, 2.75) is 50.7 Å². The minimum absolute atomic E-state index is 0.00691. The van der Waals surface area contributed by atoms with Gasteiger partial charge >= 0.3 is 5.97 Å². The van der Waals surface area contributed by atoms with E-state index in [0.29, 0.717) is 12.8 Å². The van der Waals surface area contributed by atoms with Crippen LogP contribution in [0.2, 0.25) is 0 Å². The lowest BCUT2D eigenvalue weighted by Gasteiger charge is -2.40. The van der Waals surface area contributed by atoms with Gasteiger partial charge in [-0.2, -0.15) is 5.26 Å². The van der Waals surface area contributed by atoms with Crippen LogP contribution in [0.15, 0.2) is 24.3 Å². The van der Waals surface area contributed by atoms with Crippen LogP contribution in [0.5, 0.6) is 5.75 Å². The number of carbonyl (C=O) groups is 2. The second-order valence-electron chi connectivity index (χ2n) is 6.16. The maximum Gasteiger partial charge on any atom is 0.339 e. The molecule has 2 rings (SSSR count). The van der Waals surface area contributed by atoms with Crippen LogP contribution in [-0.4, -0.2) is 40.6 Å². The number of rotatable bonds is 5. The Morgan fingerprint density at radius 1 is 1.29 bits per heavy atom. The molecule has 0 aliphatic heterocycles. The number of hydrogen-bond donors (Lipinski definition) is 1. The van der Waals surface area contributed by atoms with Crippen LogP contribution >= 0.6 is 0 Å². The second kappa shape index (κ2) is 7.35. The van der Waals surface area contributed by atoms with Crippen LogP contribution < -0.4 is 4.74 Å². The topological polar surface area (TPSA) is 90.6 Å². The summed E-state index contributed by atoms with van der Waals surface area (Å²) in [5.74, 6) is -1.29. The quantitative estimate of drug-likeness (QED) is 0.896. The van der Waals surface area contributed by atoms with Gasteiger partial charge in [0.2, 0.25) is 0 Å². The Labute approximate surface area is 141 Å². The molecule has 0 saturated heterocycles. The molecule has 1 saturated carbocycles. The lowest BCUT2D eigenvalue weighted by molar-refractivity contribution is -0.141. The molecule has 6 nitrogen and oxygen atoms in total. The fourth-order valence-electron chi connectivity index (χ4n) is 3.13. The molecule has 1 fully saturated rings. The number of benzene rings is 1. The van der Waals surface area contributed by atoms with Gasteiger partial charge in [0.1, 0.15) is 16.9 Å². The first kappa shape index (κ1) is 17.8. The third-order valence-corrected chi connectivity index (χ3v) is 4.63. The third kappa shape index (κ3) is 3.51. The number of carbonyl (C=O) groups excluding carboxylic acids is 1. The van der Waals surface area contributed by atoms with Crippen LogP contribution in [-0.2, 0) is 4.79 Å². The SMILES string of the molecule is C[C@H](Oc1ccccc1C(=O)O)C(=O)N(C)C1(C#N)CCCCC1. The highest BCUT2D eigenvalue weighted by Gasteiger charge is 2.40. The Hall–Kier alpha value is -2.55. The van der Waals surface area contributed by atoms with E-state index >= 15 is 0 Å². The summed E-state index contributed by atoms with van der Waals surface area (Å²) in [6.45, 7) is 1.57. The Balaban J connectivity index is 2.15. The summed E-state index contributed by atoms with van der Waals surface area (Å²) in [5.41, 5.74) is -0.785. The zero-order valence-corrected chi connectivity index (χ0v) is 14.0. The largest absolute Gasteiger partial charge is 0.480 e. The predicted octanol–water partition coefficient (Wildman–Crippen LogP) is 2.84. The molecule has 0 heterocycles. The number of ether oxygens (including phenoxy) is 1. The maximum absolute atomic E-state index is 12.7. The van der Waals surface area contributed by atoms with Gasteiger partial charge in [-0.15, -0.1) is 0 Å². The van der Waals surface area contributed by atoms with Crippen molar-refractivity contribution < 1.29 is 19.4 Å². The van der Waals surface area contributed by atoms with Crippen LogP contribution in [0.4, 0.5) is 0 Å². The van der Waals surface area contributed by atoms with Crippen molar-refractivity contribution in [2.75, 3.05) is 7.05 Å². The number of hydrogen-bond acceptors (Lipinski definition) is 4. The van der Waals surface area contributed by atoms with Gasteiger partial charge in [0.15, 0.2) is 6.10 Å². The molecule has 1 aliphatic rings. The molecule has 0 bridgehead atoms. The highest BCUT2D eigenvalue weighted by atomic mass is 16.5. The van der Waals surface area contributed by atoms with Gasteiger partial charge in [0.05, 0.1) is 6.07 Å². The Morgan fingerprint density at radius 3 is 2.50 bits per heavy atom. The van der Waals surface area contributed by atoms with E-state index in [0.717, 1.165) is 19.3 Å². The highest BCUT2D eigenvalue weighted by molar-refractivity contribution is 5.91.